The third-order valence-electron chi connectivity index (χ3n) is 5.39. The van der Waals surface area contributed by atoms with E-state index in [1.165, 1.54) is 37.5 Å². The van der Waals surface area contributed by atoms with Crippen LogP contribution < -0.4 is 9.47 Å². The minimum atomic E-state index is -3.75. The predicted octanol–water partition coefficient (Wildman–Crippen LogP) is 2.55. The van der Waals surface area contributed by atoms with Crippen LogP contribution in [-0.4, -0.2) is 69.2 Å². The molecular formula is C21H28ClN7O5S. The van der Waals surface area contributed by atoms with Gasteiger partial charge in [0.25, 0.3) is 0 Å². The first-order chi connectivity index (χ1) is 16.7. The van der Waals surface area contributed by atoms with Crippen molar-refractivity contribution in [3.63, 3.8) is 0 Å². The Bertz CT molecular complexity index is 1220. The number of hydrogen-bond acceptors (Lipinski definition) is 11. The fourth-order valence-electron chi connectivity index (χ4n) is 3.33. The molecule has 0 amide bonds. The lowest BCUT2D eigenvalue weighted by molar-refractivity contribution is 0.114. The van der Waals surface area contributed by atoms with E-state index in [0.717, 1.165) is 6.42 Å². The van der Waals surface area contributed by atoms with Gasteiger partial charge in [-0.05, 0) is 13.3 Å². The predicted molar refractivity (Wildman–Crippen MR) is 128 cm³/mol. The molecule has 12 nitrogen and oxygen atoms in total. The van der Waals surface area contributed by atoms with E-state index >= 15 is 0 Å². The average Bonchev–Trinajstić information content (AvgIpc) is 3.24. The topological polar surface area (TPSA) is 144 Å². The second-order valence-corrected chi connectivity index (χ2v) is 10.5. The van der Waals surface area contributed by atoms with Crippen LogP contribution in [0, 0.1) is 0 Å². The van der Waals surface area contributed by atoms with Gasteiger partial charge in [-0.2, -0.15) is 9.97 Å². The summed E-state index contributed by atoms with van der Waals surface area (Å²) in [5.41, 5.74) is 0.282. The number of rotatable bonds is 12. The van der Waals surface area contributed by atoms with Gasteiger partial charge in [-0.3, -0.25) is 4.57 Å². The molecule has 190 valence electrons. The van der Waals surface area contributed by atoms with Crippen LogP contribution in [0.4, 0.5) is 0 Å². The highest BCUT2D eigenvalue weighted by molar-refractivity contribution is 7.91. The van der Waals surface area contributed by atoms with E-state index < -0.39 is 26.8 Å². The van der Waals surface area contributed by atoms with Crippen molar-refractivity contribution in [2.45, 2.75) is 50.7 Å². The molecule has 3 aromatic heterocycles. The number of sulfone groups is 1. The van der Waals surface area contributed by atoms with Gasteiger partial charge in [0.1, 0.15) is 24.5 Å². The molecule has 0 bridgehead atoms. The fourth-order valence-corrected chi connectivity index (χ4v) is 4.98. The Labute approximate surface area is 209 Å². The van der Waals surface area contributed by atoms with Gasteiger partial charge < -0.3 is 14.2 Å². The van der Waals surface area contributed by atoms with Crippen molar-refractivity contribution in [1.82, 2.24) is 34.7 Å². The standard InChI is InChI=1S/C21H28ClN7O5S/c1-6-7-34-10-16-27-28-17(29(16)18-20(32-4)25-12-26-21(18)33-5)11-35(30,31)14(3)13(2)19-23-8-15(22)9-24-19/h8-9,12-14H,6-7,10-11H2,1-5H3/t13-,14-/m0/s1. The number of nitrogens with zero attached hydrogens (tertiary/aromatic N) is 7. The molecule has 0 saturated carbocycles. The second kappa shape index (κ2) is 11.7. The number of methoxy groups -OCH3 is 2. The van der Waals surface area contributed by atoms with Crippen LogP contribution in [-0.2, 0) is 26.9 Å². The SMILES string of the molecule is CCCOCc1nnc(CS(=O)(=O)[C@@H](C)[C@H](C)c2ncc(Cl)cn2)n1-c1c(OC)ncnc1OC. The van der Waals surface area contributed by atoms with Crippen LogP contribution in [0.5, 0.6) is 11.8 Å². The largest absolute Gasteiger partial charge is 0.479 e. The van der Waals surface area contributed by atoms with Crippen LogP contribution >= 0.6 is 11.6 Å². The minimum absolute atomic E-state index is 0.0899. The van der Waals surface area contributed by atoms with Crippen molar-refractivity contribution in [3.05, 3.63) is 41.2 Å². The van der Waals surface area contributed by atoms with Gasteiger partial charge in [-0.1, -0.05) is 25.4 Å². The Morgan fingerprint density at radius 3 is 2.17 bits per heavy atom. The van der Waals surface area contributed by atoms with Gasteiger partial charge in [-0.25, -0.2) is 18.4 Å². The van der Waals surface area contributed by atoms with Gasteiger partial charge in [-0.15, -0.1) is 10.2 Å². The van der Waals surface area contributed by atoms with E-state index in [1.54, 1.807) is 13.8 Å². The van der Waals surface area contributed by atoms with E-state index in [1.807, 2.05) is 6.92 Å². The molecule has 0 aromatic carbocycles. The van der Waals surface area contributed by atoms with Crippen LogP contribution in [0.25, 0.3) is 5.69 Å². The molecule has 0 aliphatic heterocycles. The summed E-state index contributed by atoms with van der Waals surface area (Å²) in [7, 11) is -0.873. The molecule has 0 radical (unpaired) electrons. The van der Waals surface area contributed by atoms with Crippen molar-refractivity contribution in [2.24, 2.45) is 0 Å². The van der Waals surface area contributed by atoms with E-state index in [4.69, 9.17) is 25.8 Å². The maximum atomic E-state index is 13.5. The number of ether oxygens (including phenoxy) is 3. The Morgan fingerprint density at radius 1 is 1.00 bits per heavy atom. The zero-order valence-corrected chi connectivity index (χ0v) is 21.7. The van der Waals surface area contributed by atoms with Crippen molar-refractivity contribution < 1.29 is 22.6 Å². The van der Waals surface area contributed by atoms with Crippen LogP contribution in [0.1, 0.15) is 50.6 Å². The average molecular weight is 526 g/mol. The Hall–Kier alpha value is -2.90. The molecule has 0 aliphatic carbocycles. The fraction of sp³-hybridized carbons (Fsp3) is 0.524. The Kier molecular flexibility index (Phi) is 8.92. The summed E-state index contributed by atoms with van der Waals surface area (Å²) in [6.45, 7) is 5.92. The molecule has 0 N–H and O–H groups in total. The molecule has 2 atom stereocenters. The third-order valence-corrected chi connectivity index (χ3v) is 7.79. The third kappa shape index (κ3) is 6.03. The summed E-state index contributed by atoms with van der Waals surface area (Å²) in [6, 6.07) is 0. The highest BCUT2D eigenvalue weighted by Gasteiger charge is 2.33. The second-order valence-electron chi connectivity index (χ2n) is 7.72. The lowest BCUT2D eigenvalue weighted by Gasteiger charge is -2.20. The van der Waals surface area contributed by atoms with Gasteiger partial charge in [0, 0.05) is 24.9 Å². The monoisotopic (exact) mass is 525 g/mol. The lowest BCUT2D eigenvalue weighted by Crippen LogP contribution is -2.27. The van der Waals surface area contributed by atoms with Crippen LogP contribution in [0.2, 0.25) is 5.02 Å². The maximum absolute atomic E-state index is 13.5. The highest BCUT2D eigenvalue weighted by Crippen LogP contribution is 2.32. The van der Waals surface area contributed by atoms with Gasteiger partial charge in [0.05, 0.1) is 24.5 Å². The van der Waals surface area contributed by atoms with Crippen LogP contribution in [0.15, 0.2) is 18.7 Å². The molecule has 0 saturated heterocycles. The highest BCUT2D eigenvalue weighted by atomic mass is 35.5. The smallest absolute Gasteiger partial charge is 0.245 e. The minimum Gasteiger partial charge on any atom is -0.479 e. The summed E-state index contributed by atoms with van der Waals surface area (Å²) >= 11 is 5.86. The summed E-state index contributed by atoms with van der Waals surface area (Å²) in [6.07, 6.45) is 4.96. The summed E-state index contributed by atoms with van der Waals surface area (Å²) in [4.78, 5) is 16.6. The van der Waals surface area contributed by atoms with E-state index in [0.29, 0.717) is 23.3 Å². The quantitative estimate of drug-likeness (QED) is 0.321. The molecule has 0 fully saturated rings. The van der Waals surface area contributed by atoms with Gasteiger partial charge in [0.2, 0.25) is 11.8 Å². The summed E-state index contributed by atoms with van der Waals surface area (Å²) < 4.78 is 44.9. The van der Waals surface area contributed by atoms with E-state index in [-0.39, 0.29) is 29.9 Å². The maximum Gasteiger partial charge on any atom is 0.245 e. The van der Waals surface area contributed by atoms with Crippen molar-refractivity contribution >= 4 is 21.4 Å². The first-order valence-corrected chi connectivity index (χ1v) is 13.0. The van der Waals surface area contributed by atoms with E-state index in [9.17, 15) is 8.42 Å². The lowest BCUT2D eigenvalue weighted by atomic mass is 10.1. The summed E-state index contributed by atoms with van der Waals surface area (Å²) in [5.74, 6) is 0.296. The molecule has 35 heavy (non-hydrogen) atoms. The number of halogens is 1. The van der Waals surface area contributed by atoms with Crippen molar-refractivity contribution in [3.8, 4) is 17.4 Å². The molecule has 0 unspecified atom stereocenters. The first-order valence-electron chi connectivity index (χ1n) is 10.9. The Balaban J connectivity index is 2.03. The summed E-state index contributed by atoms with van der Waals surface area (Å²) in [5, 5.41) is 7.90. The molecule has 14 heteroatoms. The van der Waals surface area contributed by atoms with Crippen molar-refractivity contribution in [2.75, 3.05) is 20.8 Å². The zero-order chi connectivity index (χ0) is 25.6. The number of hydrogen-bond donors (Lipinski definition) is 0. The zero-order valence-electron chi connectivity index (χ0n) is 20.2. The number of aromatic nitrogens is 7. The molecule has 3 rings (SSSR count). The van der Waals surface area contributed by atoms with Gasteiger partial charge >= 0.3 is 0 Å². The first kappa shape index (κ1) is 26.7. The molecule has 3 heterocycles. The normalized spacial score (nSPS) is 13.4. The molecule has 3 aromatic rings. The van der Waals surface area contributed by atoms with Crippen molar-refractivity contribution in [1.29, 1.82) is 0 Å². The van der Waals surface area contributed by atoms with E-state index in [2.05, 4.69) is 30.1 Å². The molecule has 0 spiro atoms. The molecule has 0 aliphatic rings. The van der Waals surface area contributed by atoms with Gasteiger partial charge in [0.15, 0.2) is 27.2 Å². The van der Waals surface area contributed by atoms with Crippen LogP contribution in [0.3, 0.4) is 0 Å². The molecular weight excluding hydrogens is 498 g/mol. The Morgan fingerprint density at radius 2 is 1.60 bits per heavy atom.